The van der Waals surface area contributed by atoms with E-state index in [1.807, 2.05) is 60.7 Å². The van der Waals surface area contributed by atoms with Crippen molar-refractivity contribution in [1.82, 2.24) is 10.3 Å². The number of carbonyl (C=O) groups is 1. The Hall–Kier alpha value is -2.85. The minimum atomic E-state index is -0.176. The van der Waals surface area contributed by atoms with E-state index in [1.165, 1.54) is 5.56 Å². The van der Waals surface area contributed by atoms with Crippen LogP contribution in [0.15, 0.2) is 72.9 Å². The molecule has 3 aromatic rings. The Kier molecular flexibility index (Phi) is 5.65. The number of aromatic nitrogens is 1. The number of halogens is 1. The molecule has 0 saturated carbocycles. The lowest BCUT2D eigenvalue weighted by Gasteiger charge is -2.08. The van der Waals surface area contributed by atoms with Crippen molar-refractivity contribution in [3.05, 3.63) is 89.2 Å². The molecule has 0 atom stereocenters. The number of carbonyl (C=O) groups excluding carboxylic acids is 1. The lowest BCUT2D eigenvalue weighted by atomic mass is 10.1. The van der Waals surface area contributed by atoms with Crippen molar-refractivity contribution in [1.29, 1.82) is 0 Å². The fourth-order valence-corrected chi connectivity index (χ4v) is 2.58. The predicted molar refractivity (Wildman–Crippen MR) is 101 cm³/mol. The van der Waals surface area contributed by atoms with Crippen molar-refractivity contribution in [3.63, 3.8) is 0 Å². The monoisotopic (exact) mass is 351 g/mol. The van der Waals surface area contributed by atoms with Gasteiger partial charge in [0.15, 0.2) is 0 Å². The average Bonchev–Trinajstić information content (AvgIpc) is 2.63. The van der Waals surface area contributed by atoms with E-state index in [9.17, 15) is 4.79 Å². The molecule has 1 amide bonds. The summed E-state index contributed by atoms with van der Waals surface area (Å²) in [6, 6.07) is 21.0. The fourth-order valence-electron chi connectivity index (χ4n) is 2.39. The Morgan fingerprint density at radius 1 is 0.960 bits per heavy atom. The summed E-state index contributed by atoms with van der Waals surface area (Å²) in [4.78, 5) is 16.4. The molecule has 0 aliphatic rings. The molecule has 0 bridgehead atoms. The highest BCUT2D eigenvalue weighted by Crippen LogP contribution is 2.19. The van der Waals surface area contributed by atoms with E-state index < -0.39 is 0 Å². The van der Waals surface area contributed by atoms with Gasteiger partial charge in [-0.2, -0.15) is 0 Å². The van der Waals surface area contributed by atoms with Gasteiger partial charge in [0.2, 0.25) is 0 Å². The summed E-state index contributed by atoms with van der Waals surface area (Å²) in [5.74, 6) is -0.176. The Morgan fingerprint density at radius 2 is 1.80 bits per heavy atom. The van der Waals surface area contributed by atoms with Gasteiger partial charge >= 0.3 is 0 Å². The van der Waals surface area contributed by atoms with Crippen LogP contribution in [0.2, 0.25) is 5.02 Å². The summed E-state index contributed by atoms with van der Waals surface area (Å²) < 4.78 is 0. The van der Waals surface area contributed by atoms with Gasteiger partial charge in [-0.15, -0.1) is 0 Å². The van der Waals surface area contributed by atoms with E-state index in [-0.39, 0.29) is 5.91 Å². The molecular formula is C20H18ClN3O. The molecule has 0 fully saturated rings. The Bertz CT molecular complexity index is 835. The summed E-state index contributed by atoms with van der Waals surface area (Å²) in [7, 11) is 0. The van der Waals surface area contributed by atoms with E-state index in [0.29, 0.717) is 17.3 Å². The van der Waals surface area contributed by atoms with Crippen molar-refractivity contribution in [2.45, 2.75) is 6.42 Å². The quantitative estimate of drug-likeness (QED) is 0.689. The molecule has 1 aromatic heterocycles. The molecular weight excluding hydrogens is 334 g/mol. The minimum absolute atomic E-state index is 0.176. The standard InChI is InChI=1S/C20H18ClN3O/c21-16-7-4-8-17(13-16)24-18-9-10-19(23-14-18)20(25)22-12-11-15-5-2-1-3-6-15/h1-10,13-14,24H,11-12H2,(H,22,25). The van der Waals surface area contributed by atoms with E-state index in [4.69, 9.17) is 11.6 Å². The van der Waals surface area contributed by atoms with Crippen LogP contribution in [-0.2, 0) is 6.42 Å². The largest absolute Gasteiger partial charge is 0.354 e. The van der Waals surface area contributed by atoms with Gasteiger partial charge in [0.25, 0.3) is 5.91 Å². The number of hydrogen-bond acceptors (Lipinski definition) is 3. The first kappa shape index (κ1) is 17.0. The zero-order valence-electron chi connectivity index (χ0n) is 13.6. The van der Waals surface area contributed by atoms with E-state index in [1.54, 1.807) is 12.3 Å². The maximum absolute atomic E-state index is 12.1. The zero-order valence-corrected chi connectivity index (χ0v) is 14.3. The molecule has 0 radical (unpaired) electrons. The minimum Gasteiger partial charge on any atom is -0.354 e. The molecule has 0 saturated heterocycles. The van der Waals surface area contributed by atoms with Gasteiger partial charge in [-0.3, -0.25) is 4.79 Å². The molecule has 2 N–H and O–H groups in total. The Morgan fingerprint density at radius 3 is 2.52 bits per heavy atom. The predicted octanol–water partition coefficient (Wildman–Crippen LogP) is 4.45. The highest BCUT2D eigenvalue weighted by molar-refractivity contribution is 6.30. The maximum atomic E-state index is 12.1. The van der Waals surface area contributed by atoms with Crippen LogP contribution in [-0.4, -0.2) is 17.4 Å². The van der Waals surface area contributed by atoms with Crippen molar-refractivity contribution in [3.8, 4) is 0 Å². The van der Waals surface area contributed by atoms with Crippen molar-refractivity contribution >= 4 is 28.9 Å². The van der Waals surface area contributed by atoms with E-state index in [2.05, 4.69) is 15.6 Å². The molecule has 0 aliphatic carbocycles. The first-order chi connectivity index (χ1) is 12.2. The van der Waals surface area contributed by atoms with Crippen LogP contribution >= 0.6 is 11.6 Å². The van der Waals surface area contributed by atoms with Crippen molar-refractivity contribution < 1.29 is 4.79 Å². The number of amides is 1. The molecule has 0 aliphatic heterocycles. The molecule has 1 heterocycles. The molecule has 25 heavy (non-hydrogen) atoms. The van der Waals surface area contributed by atoms with Gasteiger partial charge in [0.1, 0.15) is 5.69 Å². The number of nitrogens with one attached hydrogen (secondary N) is 2. The molecule has 0 spiro atoms. The molecule has 4 nitrogen and oxygen atoms in total. The second-order valence-corrected chi connectivity index (χ2v) is 6.00. The summed E-state index contributed by atoms with van der Waals surface area (Å²) in [5.41, 5.74) is 3.25. The van der Waals surface area contributed by atoms with Crippen LogP contribution in [0, 0.1) is 0 Å². The van der Waals surface area contributed by atoms with Gasteiger partial charge in [0.05, 0.1) is 11.9 Å². The van der Waals surface area contributed by atoms with Crippen LogP contribution in [0.5, 0.6) is 0 Å². The number of benzene rings is 2. The molecule has 5 heteroatoms. The molecule has 2 aromatic carbocycles. The second-order valence-electron chi connectivity index (χ2n) is 5.56. The van der Waals surface area contributed by atoms with Crippen LogP contribution in [0.1, 0.15) is 16.1 Å². The lowest BCUT2D eigenvalue weighted by molar-refractivity contribution is 0.0949. The SMILES string of the molecule is O=C(NCCc1ccccc1)c1ccc(Nc2cccc(Cl)c2)cn1. The summed E-state index contributed by atoms with van der Waals surface area (Å²) in [5, 5.41) is 6.74. The second kappa shape index (κ2) is 8.31. The maximum Gasteiger partial charge on any atom is 0.269 e. The van der Waals surface area contributed by atoms with Gasteiger partial charge < -0.3 is 10.6 Å². The normalized spacial score (nSPS) is 10.3. The summed E-state index contributed by atoms with van der Waals surface area (Å²) in [6.07, 6.45) is 2.42. The fraction of sp³-hybridized carbons (Fsp3) is 0.100. The van der Waals surface area contributed by atoms with Crippen LogP contribution in [0.3, 0.4) is 0 Å². The Labute approximate surface area is 151 Å². The molecule has 0 unspecified atom stereocenters. The van der Waals surface area contributed by atoms with Gasteiger partial charge in [0, 0.05) is 17.3 Å². The number of rotatable bonds is 6. The Balaban J connectivity index is 1.53. The van der Waals surface area contributed by atoms with E-state index in [0.717, 1.165) is 17.8 Å². The molecule has 126 valence electrons. The van der Waals surface area contributed by atoms with Gasteiger partial charge in [-0.1, -0.05) is 48.0 Å². The third-order valence-corrected chi connectivity index (χ3v) is 3.89. The van der Waals surface area contributed by atoms with Gasteiger partial charge in [-0.05, 0) is 42.3 Å². The van der Waals surface area contributed by atoms with Crippen molar-refractivity contribution in [2.24, 2.45) is 0 Å². The van der Waals surface area contributed by atoms with Gasteiger partial charge in [-0.25, -0.2) is 4.98 Å². The highest BCUT2D eigenvalue weighted by atomic mass is 35.5. The number of hydrogen-bond donors (Lipinski definition) is 2. The highest BCUT2D eigenvalue weighted by Gasteiger charge is 2.06. The smallest absolute Gasteiger partial charge is 0.269 e. The third kappa shape index (κ3) is 5.06. The number of nitrogens with zero attached hydrogens (tertiary/aromatic N) is 1. The lowest BCUT2D eigenvalue weighted by Crippen LogP contribution is -2.26. The van der Waals surface area contributed by atoms with E-state index >= 15 is 0 Å². The zero-order chi connectivity index (χ0) is 17.5. The number of pyridine rings is 1. The summed E-state index contributed by atoms with van der Waals surface area (Å²) in [6.45, 7) is 0.576. The first-order valence-electron chi connectivity index (χ1n) is 8.01. The van der Waals surface area contributed by atoms with Crippen molar-refractivity contribution in [2.75, 3.05) is 11.9 Å². The third-order valence-electron chi connectivity index (χ3n) is 3.65. The molecule has 3 rings (SSSR count). The van der Waals surface area contributed by atoms with Crippen LogP contribution < -0.4 is 10.6 Å². The first-order valence-corrected chi connectivity index (χ1v) is 8.39. The van der Waals surface area contributed by atoms with Crippen LogP contribution in [0.4, 0.5) is 11.4 Å². The number of anilines is 2. The van der Waals surface area contributed by atoms with Crippen LogP contribution in [0.25, 0.3) is 0 Å². The topological polar surface area (TPSA) is 54.0 Å². The average molecular weight is 352 g/mol. The summed E-state index contributed by atoms with van der Waals surface area (Å²) >= 11 is 5.96.